The summed E-state index contributed by atoms with van der Waals surface area (Å²) in [5.74, 6) is 0.643. The molecule has 0 aliphatic rings. The first-order valence-corrected chi connectivity index (χ1v) is 9.16. The molecule has 1 aromatic heterocycles. The number of amides is 1. The van der Waals surface area contributed by atoms with Gasteiger partial charge in [0.2, 0.25) is 0 Å². The molecule has 0 aliphatic heterocycles. The fraction of sp³-hybridized carbons (Fsp3) is 0.0870. The van der Waals surface area contributed by atoms with Gasteiger partial charge in [0.05, 0.1) is 11.6 Å². The summed E-state index contributed by atoms with van der Waals surface area (Å²) in [5, 5.41) is 7.45. The summed E-state index contributed by atoms with van der Waals surface area (Å²) in [6, 6.07) is 26.8. The Morgan fingerprint density at radius 1 is 0.821 bits per heavy atom. The molecule has 0 bridgehead atoms. The maximum absolute atomic E-state index is 12.7. The normalized spacial score (nSPS) is 11.7. The average molecular weight is 368 g/mol. The number of anilines is 1. The SMILES string of the molecule is O=C(N[C@H](CNc1ncnc2ccccc12)c1ccccc1)c1ccccc1. The number of hydrogen-bond donors (Lipinski definition) is 2. The van der Waals surface area contributed by atoms with E-state index >= 15 is 0 Å². The minimum atomic E-state index is -0.206. The number of nitrogens with one attached hydrogen (secondary N) is 2. The molecule has 4 aromatic rings. The van der Waals surface area contributed by atoms with Crippen LogP contribution in [-0.4, -0.2) is 22.4 Å². The standard InChI is InChI=1S/C23H20N4O/c28-23(18-11-5-2-6-12-18)27-21(17-9-3-1-4-10-17)15-24-22-19-13-7-8-14-20(19)25-16-26-22/h1-14,16,21H,15H2,(H,27,28)(H,24,25,26)/t21-/m1/s1. The average Bonchev–Trinajstić information content (AvgIpc) is 2.77. The lowest BCUT2D eigenvalue weighted by Gasteiger charge is -2.20. The van der Waals surface area contributed by atoms with E-state index in [0.29, 0.717) is 12.1 Å². The molecule has 1 atom stereocenters. The number of carbonyl (C=O) groups is 1. The Bertz CT molecular complexity index is 1060. The molecule has 5 nitrogen and oxygen atoms in total. The molecule has 2 N–H and O–H groups in total. The Morgan fingerprint density at radius 2 is 1.50 bits per heavy atom. The van der Waals surface area contributed by atoms with E-state index in [4.69, 9.17) is 0 Å². The molecule has 0 saturated carbocycles. The highest BCUT2D eigenvalue weighted by molar-refractivity contribution is 5.94. The molecule has 28 heavy (non-hydrogen) atoms. The summed E-state index contributed by atoms with van der Waals surface area (Å²) in [5.41, 5.74) is 2.54. The number of carbonyl (C=O) groups excluding carboxylic acids is 1. The molecule has 0 radical (unpaired) electrons. The minimum absolute atomic E-state index is 0.108. The van der Waals surface area contributed by atoms with Crippen LogP contribution in [0.5, 0.6) is 0 Å². The zero-order chi connectivity index (χ0) is 19.2. The number of aromatic nitrogens is 2. The van der Waals surface area contributed by atoms with E-state index in [9.17, 15) is 4.79 Å². The maximum Gasteiger partial charge on any atom is 0.251 e. The van der Waals surface area contributed by atoms with Gasteiger partial charge in [-0.1, -0.05) is 60.7 Å². The van der Waals surface area contributed by atoms with Gasteiger partial charge in [0.25, 0.3) is 5.91 Å². The number of hydrogen-bond acceptors (Lipinski definition) is 4. The van der Waals surface area contributed by atoms with Gasteiger partial charge in [-0.3, -0.25) is 4.79 Å². The van der Waals surface area contributed by atoms with Gasteiger partial charge in [-0.15, -0.1) is 0 Å². The quantitative estimate of drug-likeness (QED) is 0.535. The highest BCUT2D eigenvalue weighted by Crippen LogP contribution is 2.20. The molecular formula is C23H20N4O. The highest BCUT2D eigenvalue weighted by atomic mass is 16.1. The van der Waals surface area contributed by atoms with E-state index in [-0.39, 0.29) is 11.9 Å². The van der Waals surface area contributed by atoms with Gasteiger partial charge in [-0.05, 0) is 29.8 Å². The molecule has 5 heteroatoms. The molecule has 1 heterocycles. The summed E-state index contributed by atoms with van der Waals surface area (Å²) < 4.78 is 0. The van der Waals surface area contributed by atoms with Gasteiger partial charge in [0.15, 0.2) is 0 Å². The van der Waals surface area contributed by atoms with Crippen LogP contribution in [0.2, 0.25) is 0 Å². The first kappa shape index (κ1) is 17.7. The number of fused-ring (bicyclic) bond motifs is 1. The summed E-state index contributed by atoms with van der Waals surface area (Å²) in [7, 11) is 0. The zero-order valence-corrected chi connectivity index (χ0v) is 15.2. The van der Waals surface area contributed by atoms with Crippen LogP contribution in [0.3, 0.4) is 0 Å². The Kier molecular flexibility index (Phi) is 5.24. The molecule has 0 aliphatic carbocycles. The number of para-hydroxylation sites is 1. The molecular weight excluding hydrogens is 348 g/mol. The lowest BCUT2D eigenvalue weighted by atomic mass is 10.1. The van der Waals surface area contributed by atoms with E-state index in [1.807, 2.05) is 84.9 Å². The summed E-state index contributed by atoms with van der Waals surface area (Å²) >= 11 is 0. The monoisotopic (exact) mass is 368 g/mol. The van der Waals surface area contributed by atoms with Crippen LogP contribution in [0.1, 0.15) is 22.0 Å². The van der Waals surface area contributed by atoms with Gasteiger partial charge < -0.3 is 10.6 Å². The Hall–Kier alpha value is -3.73. The van der Waals surface area contributed by atoms with Crippen molar-refractivity contribution in [3.63, 3.8) is 0 Å². The Labute approximate surface area is 163 Å². The van der Waals surface area contributed by atoms with Crippen molar-refractivity contribution < 1.29 is 4.79 Å². The molecule has 0 unspecified atom stereocenters. The molecule has 138 valence electrons. The van der Waals surface area contributed by atoms with Crippen LogP contribution in [-0.2, 0) is 0 Å². The molecule has 0 fully saturated rings. The fourth-order valence-corrected chi connectivity index (χ4v) is 3.11. The van der Waals surface area contributed by atoms with Crippen molar-refractivity contribution >= 4 is 22.6 Å². The summed E-state index contributed by atoms with van der Waals surface area (Å²) in [6.45, 7) is 0.504. The van der Waals surface area contributed by atoms with Crippen LogP contribution in [0.15, 0.2) is 91.3 Å². The predicted molar refractivity (Wildman–Crippen MR) is 111 cm³/mol. The second kappa shape index (κ2) is 8.31. The lowest BCUT2D eigenvalue weighted by molar-refractivity contribution is 0.0938. The van der Waals surface area contributed by atoms with Crippen molar-refractivity contribution in [2.24, 2.45) is 0 Å². The third-order valence-corrected chi connectivity index (χ3v) is 4.56. The van der Waals surface area contributed by atoms with Crippen LogP contribution >= 0.6 is 0 Å². The van der Waals surface area contributed by atoms with E-state index in [1.54, 1.807) is 6.33 Å². The van der Waals surface area contributed by atoms with E-state index in [2.05, 4.69) is 20.6 Å². The van der Waals surface area contributed by atoms with E-state index in [0.717, 1.165) is 22.3 Å². The van der Waals surface area contributed by atoms with Crippen molar-refractivity contribution in [2.45, 2.75) is 6.04 Å². The molecule has 0 saturated heterocycles. The lowest BCUT2D eigenvalue weighted by Crippen LogP contribution is -2.33. The maximum atomic E-state index is 12.7. The third-order valence-electron chi connectivity index (χ3n) is 4.56. The highest BCUT2D eigenvalue weighted by Gasteiger charge is 2.16. The van der Waals surface area contributed by atoms with Crippen molar-refractivity contribution in [1.82, 2.24) is 15.3 Å². The largest absolute Gasteiger partial charge is 0.367 e. The zero-order valence-electron chi connectivity index (χ0n) is 15.2. The second-order valence-electron chi connectivity index (χ2n) is 6.42. The minimum Gasteiger partial charge on any atom is -0.367 e. The van der Waals surface area contributed by atoms with Crippen LogP contribution in [0.25, 0.3) is 10.9 Å². The first-order valence-electron chi connectivity index (χ1n) is 9.16. The predicted octanol–water partition coefficient (Wildman–Crippen LogP) is 4.21. The van der Waals surface area contributed by atoms with Crippen molar-refractivity contribution in [2.75, 3.05) is 11.9 Å². The third kappa shape index (κ3) is 3.99. The van der Waals surface area contributed by atoms with E-state index < -0.39 is 0 Å². The van der Waals surface area contributed by atoms with Gasteiger partial charge in [0.1, 0.15) is 12.1 Å². The fourth-order valence-electron chi connectivity index (χ4n) is 3.11. The summed E-state index contributed by atoms with van der Waals surface area (Å²) in [4.78, 5) is 21.4. The number of rotatable bonds is 6. The number of nitrogens with zero attached hydrogens (tertiary/aromatic N) is 2. The van der Waals surface area contributed by atoms with Crippen LogP contribution in [0, 0.1) is 0 Å². The Balaban J connectivity index is 1.56. The smallest absolute Gasteiger partial charge is 0.251 e. The topological polar surface area (TPSA) is 66.9 Å². The molecule has 4 rings (SSSR count). The van der Waals surface area contributed by atoms with Gasteiger partial charge in [-0.2, -0.15) is 0 Å². The Morgan fingerprint density at radius 3 is 2.29 bits per heavy atom. The van der Waals surface area contributed by atoms with Crippen molar-refractivity contribution in [1.29, 1.82) is 0 Å². The van der Waals surface area contributed by atoms with Gasteiger partial charge in [0, 0.05) is 17.5 Å². The second-order valence-corrected chi connectivity index (χ2v) is 6.42. The van der Waals surface area contributed by atoms with Crippen LogP contribution in [0.4, 0.5) is 5.82 Å². The molecule has 3 aromatic carbocycles. The molecule has 0 spiro atoms. The van der Waals surface area contributed by atoms with Gasteiger partial charge in [-0.25, -0.2) is 9.97 Å². The van der Waals surface area contributed by atoms with Gasteiger partial charge >= 0.3 is 0 Å². The van der Waals surface area contributed by atoms with Crippen LogP contribution < -0.4 is 10.6 Å². The van der Waals surface area contributed by atoms with E-state index in [1.165, 1.54) is 0 Å². The summed E-state index contributed by atoms with van der Waals surface area (Å²) in [6.07, 6.45) is 1.55. The first-order chi connectivity index (χ1) is 13.8. The molecule has 1 amide bonds. The van der Waals surface area contributed by atoms with Crippen molar-refractivity contribution in [3.8, 4) is 0 Å². The van der Waals surface area contributed by atoms with Crippen molar-refractivity contribution in [3.05, 3.63) is 102 Å². The number of benzene rings is 3.